The zero-order valence-corrected chi connectivity index (χ0v) is 13.0. The molecule has 0 N–H and O–H groups in total. The Morgan fingerprint density at radius 1 is 1.32 bits per heavy atom. The molecule has 7 heteroatoms. The van der Waals surface area contributed by atoms with Gasteiger partial charge in [-0.25, -0.2) is 4.79 Å². The van der Waals surface area contributed by atoms with Crippen LogP contribution in [0.1, 0.15) is 19.0 Å². The van der Waals surface area contributed by atoms with E-state index in [2.05, 4.69) is 23.1 Å². The molecule has 0 atom stereocenters. The average Bonchev–Trinajstić information content (AvgIpc) is 2.99. The zero-order chi connectivity index (χ0) is 16.0. The van der Waals surface area contributed by atoms with E-state index in [1.807, 2.05) is 13.1 Å². The largest absolute Gasteiger partial charge is 0.332 e. The Morgan fingerprint density at radius 2 is 2.05 bits per heavy atom. The van der Waals surface area contributed by atoms with E-state index in [4.69, 9.17) is 0 Å². The predicted molar refractivity (Wildman–Crippen MR) is 85.4 cm³/mol. The van der Waals surface area contributed by atoms with E-state index < -0.39 is 0 Å². The number of imidazole rings is 2. The molecule has 0 aliphatic rings. The number of hydrogen-bond donors (Lipinski definition) is 0. The summed E-state index contributed by atoms with van der Waals surface area (Å²) in [6, 6.07) is 0. The van der Waals surface area contributed by atoms with Crippen LogP contribution in [0.3, 0.4) is 0 Å². The van der Waals surface area contributed by atoms with Gasteiger partial charge in [0.1, 0.15) is 0 Å². The van der Waals surface area contributed by atoms with Crippen LogP contribution in [0.15, 0.2) is 28.4 Å². The molecule has 0 aliphatic carbocycles. The molecule has 0 saturated heterocycles. The Kier molecular flexibility index (Phi) is 3.27. The highest BCUT2D eigenvalue weighted by Crippen LogP contribution is 2.16. The normalized spacial score (nSPS) is 11.6. The van der Waals surface area contributed by atoms with Crippen LogP contribution in [-0.4, -0.2) is 23.1 Å². The van der Waals surface area contributed by atoms with Crippen molar-refractivity contribution in [3.05, 3.63) is 45.4 Å². The second-order valence-corrected chi connectivity index (χ2v) is 5.42. The molecule has 3 heterocycles. The topological polar surface area (TPSA) is 66.2 Å². The molecule has 0 aliphatic heterocycles. The van der Waals surface area contributed by atoms with Gasteiger partial charge in [-0.1, -0.05) is 13.0 Å². The molecule has 0 amide bonds. The van der Waals surface area contributed by atoms with E-state index in [-0.39, 0.29) is 17.8 Å². The number of aromatic nitrogens is 5. The number of aryl methyl sites for hydroxylation is 3. The molecule has 3 aromatic heterocycles. The van der Waals surface area contributed by atoms with Gasteiger partial charge in [-0.05, 0) is 13.3 Å². The monoisotopic (exact) mass is 301 g/mol. The highest BCUT2D eigenvalue weighted by atomic mass is 16.2. The van der Waals surface area contributed by atoms with Crippen molar-refractivity contribution in [1.82, 2.24) is 23.1 Å². The first-order valence-electron chi connectivity index (χ1n) is 7.29. The maximum absolute atomic E-state index is 12.7. The summed E-state index contributed by atoms with van der Waals surface area (Å²) in [5, 5.41) is 0. The summed E-state index contributed by atoms with van der Waals surface area (Å²) in [7, 11) is 1.63. The molecule has 0 radical (unpaired) electrons. The molecule has 3 aromatic rings. The van der Waals surface area contributed by atoms with Gasteiger partial charge in [0.25, 0.3) is 5.56 Å². The van der Waals surface area contributed by atoms with Crippen LogP contribution in [0, 0.1) is 6.92 Å². The molecule has 0 saturated carbocycles. The van der Waals surface area contributed by atoms with Gasteiger partial charge in [0.2, 0.25) is 5.78 Å². The van der Waals surface area contributed by atoms with Gasteiger partial charge in [-0.15, -0.1) is 6.58 Å². The van der Waals surface area contributed by atoms with Gasteiger partial charge < -0.3 is 4.57 Å². The predicted octanol–water partition coefficient (Wildman–Crippen LogP) is 1.05. The molecule has 0 spiro atoms. The molecular formula is C15H19N5O2. The third-order valence-electron chi connectivity index (χ3n) is 3.90. The van der Waals surface area contributed by atoms with Crippen molar-refractivity contribution in [2.24, 2.45) is 7.05 Å². The third-order valence-corrected chi connectivity index (χ3v) is 3.90. The van der Waals surface area contributed by atoms with E-state index in [1.54, 1.807) is 17.5 Å². The summed E-state index contributed by atoms with van der Waals surface area (Å²) in [5.41, 5.74) is 1.16. The molecule has 0 fully saturated rings. The molecule has 3 rings (SSSR count). The van der Waals surface area contributed by atoms with E-state index in [9.17, 15) is 9.59 Å². The Balaban J connectivity index is 2.51. The van der Waals surface area contributed by atoms with Gasteiger partial charge in [0, 0.05) is 32.0 Å². The maximum atomic E-state index is 12.7. The van der Waals surface area contributed by atoms with Crippen molar-refractivity contribution in [2.45, 2.75) is 33.4 Å². The van der Waals surface area contributed by atoms with Crippen LogP contribution in [0.5, 0.6) is 0 Å². The minimum absolute atomic E-state index is 0.184. The van der Waals surface area contributed by atoms with Crippen molar-refractivity contribution in [1.29, 1.82) is 0 Å². The molecule has 0 bridgehead atoms. The molecule has 116 valence electrons. The van der Waals surface area contributed by atoms with Crippen molar-refractivity contribution < 1.29 is 0 Å². The van der Waals surface area contributed by atoms with E-state index in [0.717, 1.165) is 18.7 Å². The molecule has 0 unspecified atom stereocenters. The molecular weight excluding hydrogens is 282 g/mol. The summed E-state index contributed by atoms with van der Waals surface area (Å²) in [5.74, 6) is 0.692. The SMILES string of the molecule is C=CCn1c(=O)c2c(nc3n(CCC)c(C)cn23)n(C)c1=O. The first kappa shape index (κ1) is 14.4. The van der Waals surface area contributed by atoms with Gasteiger partial charge in [0.05, 0.1) is 0 Å². The number of allylic oxidation sites excluding steroid dienone is 1. The smallest absolute Gasteiger partial charge is 0.314 e. The van der Waals surface area contributed by atoms with Crippen molar-refractivity contribution in [3.8, 4) is 0 Å². The summed E-state index contributed by atoms with van der Waals surface area (Å²) in [4.78, 5) is 29.5. The molecule has 0 aromatic carbocycles. The van der Waals surface area contributed by atoms with Crippen LogP contribution in [0.4, 0.5) is 0 Å². The number of nitrogens with zero attached hydrogens (tertiary/aromatic N) is 5. The highest BCUT2D eigenvalue weighted by molar-refractivity contribution is 5.75. The standard InChI is InChI=1S/C15H19N5O2/c1-5-7-18-10(3)9-20-11-12(16-14(18)20)17(4)15(22)19(8-6-2)13(11)21/h6,9H,2,5,7-8H2,1,3-4H3. The van der Waals surface area contributed by atoms with Crippen LogP contribution in [-0.2, 0) is 20.1 Å². The fourth-order valence-corrected chi connectivity index (χ4v) is 2.85. The van der Waals surface area contributed by atoms with Crippen LogP contribution >= 0.6 is 0 Å². The first-order chi connectivity index (χ1) is 10.5. The van der Waals surface area contributed by atoms with E-state index in [1.165, 1.54) is 9.13 Å². The lowest BCUT2D eigenvalue weighted by atomic mass is 10.4. The van der Waals surface area contributed by atoms with Crippen LogP contribution < -0.4 is 11.2 Å². The zero-order valence-electron chi connectivity index (χ0n) is 13.0. The fraction of sp³-hybridized carbons (Fsp3) is 0.400. The summed E-state index contributed by atoms with van der Waals surface area (Å²) < 4.78 is 6.43. The van der Waals surface area contributed by atoms with Gasteiger partial charge in [-0.2, -0.15) is 4.98 Å². The fourth-order valence-electron chi connectivity index (χ4n) is 2.85. The number of hydrogen-bond acceptors (Lipinski definition) is 3. The Bertz CT molecular complexity index is 999. The van der Waals surface area contributed by atoms with Gasteiger partial charge in [-0.3, -0.25) is 18.3 Å². The van der Waals surface area contributed by atoms with Gasteiger partial charge >= 0.3 is 5.69 Å². The Hall–Kier alpha value is -2.57. The second-order valence-electron chi connectivity index (χ2n) is 5.42. The lowest BCUT2D eigenvalue weighted by molar-refractivity contribution is 0.666. The van der Waals surface area contributed by atoms with Gasteiger partial charge in [0.15, 0.2) is 11.2 Å². The first-order valence-corrected chi connectivity index (χ1v) is 7.29. The Labute approximate surface area is 126 Å². The van der Waals surface area contributed by atoms with Crippen molar-refractivity contribution in [3.63, 3.8) is 0 Å². The summed E-state index contributed by atoms with van der Waals surface area (Å²) in [6.07, 6.45) is 4.40. The minimum Gasteiger partial charge on any atom is -0.314 e. The highest BCUT2D eigenvalue weighted by Gasteiger charge is 2.19. The minimum atomic E-state index is -0.378. The summed E-state index contributed by atoms with van der Waals surface area (Å²) >= 11 is 0. The average molecular weight is 301 g/mol. The van der Waals surface area contributed by atoms with Crippen molar-refractivity contribution in [2.75, 3.05) is 0 Å². The van der Waals surface area contributed by atoms with Crippen LogP contribution in [0.25, 0.3) is 16.9 Å². The number of fused-ring (bicyclic) bond motifs is 3. The van der Waals surface area contributed by atoms with Crippen molar-refractivity contribution >= 4 is 16.9 Å². The quantitative estimate of drug-likeness (QED) is 0.677. The second kappa shape index (κ2) is 5.01. The lowest BCUT2D eigenvalue weighted by Crippen LogP contribution is -2.39. The van der Waals surface area contributed by atoms with Crippen LogP contribution in [0.2, 0.25) is 0 Å². The number of rotatable bonds is 4. The maximum Gasteiger partial charge on any atom is 0.332 e. The van der Waals surface area contributed by atoms with E-state index in [0.29, 0.717) is 16.9 Å². The molecule has 7 nitrogen and oxygen atoms in total. The lowest BCUT2D eigenvalue weighted by Gasteiger charge is -2.05. The summed E-state index contributed by atoms with van der Waals surface area (Å²) in [6.45, 7) is 8.69. The Morgan fingerprint density at radius 3 is 2.68 bits per heavy atom. The molecule has 22 heavy (non-hydrogen) atoms. The van der Waals surface area contributed by atoms with E-state index >= 15 is 0 Å². The third kappa shape index (κ3) is 1.78.